The summed E-state index contributed by atoms with van der Waals surface area (Å²) in [5.41, 5.74) is 2.09. The van der Waals surface area contributed by atoms with Gasteiger partial charge in [0.25, 0.3) is 0 Å². The van der Waals surface area contributed by atoms with Crippen LogP contribution in [0, 0.1) is 18.7 Å². The van der Waals surface area contributed by atoms with E-state index in [1.54, 1.807) is 12.1 Å². The molecule has 0 unspecified atom stereocenters. The van der Waals surface area contributed by atoms with Crippen LogP contribution in [0.5, 0.6) is 0 Å². The normalized spacial score (nSPS) is 18.7. The molecule has 1 aromatic carbocycles. The molecule has 2 aliphatic rings. The number of benzene rings is 1. The first-order chi connectivity index (χ1) is 14.9. The van der Waals surface area contributed by atoms with Crippen molar-refractivity contribution in [2.45, 2.75) is 57.8 Å². The number of piperidine rings is 1. The van der Waals surface area contributed by atoms with E-state index in [2.05, 4.69) is 27.4 Å². The number of thiocarbonyl (C=S) groups is 1. The highest BCUT2D eigenvalue weighted by molar-refractivity contribution is 7.80. The highest BCUT2D eigenvalue weighted by Crippen LogP contribution is 2.40. The van der Waals surface area contributed by atoms with Crippen LogP contribution < -0.4 is 15.5 Å². The average Bonchev–Trinajstić information content (AvgIpc) is 3.23. The Kier molecular flexibility index (Phi) is 6.70. The van der Waals surface area contributed by atoms with Gasteiger partial charge in [-0.15, -0.1) is 0 Å². The zero-order chi connectivity index (χ0) is 21.8. The predicted molar refractivity (Wildman–Crippen MR) is 128 cm³/mol. The van der Waals surface area contributed by atoms with Gasteiger partial charge >= 0.3 is 0 Å². The van der Waals surface area contributed by atoms with E-state index in [9.17, 15) is 4.39 Å². The summed E-state index contributed by atoms with van der Waals surface area (Å²) in [6.07, 6.45) is 6.89. The van der Waals surface area contributed by atoms with Crippen molar-refractivity contribution in [1.29, 1.82) is 0 Å². The Bertz CT molecular complexity index is 903. The molecular weight excluding hydrogens is 409 g/mol. The van der Waals surface area contributed by atoms with Crippen molar-refractivity contribution in [3.63, 3.8) is 0 Å². The summed E-state index contributed by atoms with van der Waals surface area (Å²) in [7, 11) is 0. The number of halogens is 1. The van der Waals surface area contributed by atoms with E-state index in [-0.39, 0.29) is 11.2 Å². The third kappa shape index (κ3) is 5.32. The van der Waals surface area contributed by atoms with Crippen molar-refractivity contribution in [1.82, 2.24) is 15.3 Å². The molecule has 0 spiro atoms. The van der Waals surface area contributed by atoms with Crippen LogP contribution in [0.25, 0.3) is 0 Å². The highest BCUT2D eigenvalue weighted by atomic mass is 32.1. The Morgan fingerprint density at radius 1 is 1.16 bits per heavy atom. The molecule has 4 rings (SSSR count). The Hall–Kier alpha value is -2.28. The average molecular weight is 442 g/mol. The van der Waals surface area contributed by atoms with E-state index >= 15 is 0 Å². The summed E-state index contributed by atoms with van der Waals surface area (Å²) >= 11 is 5.57. The fraction of sp³-hybridized carbons (Fsp3) is 0.542. The second kappa shape index (κ2) is 9.47. The van der Waals surface area contributed by atoms with Gasteiger partial charge in [-0.3, -0.25) is 0 Å². The molecule has 7 heteroatoms. The first kappa shape index (κ1) is 21.9. The lowest BCUT2D eigenvalue weighted by Gasteiger charge is -2.31. The first-order valence-electron chi connectivity index (χ1n) is 11.4. The van der Waals surface area contributed by atoms with Gasteiger partial charge in [0.1, 0.15) is 11.6 Å². The molecule has 2 fully saturated rings. The third-order valence-corrected chi connectivity index (χ3v) is 7.02. The summed E-state index contributed by atoms with van der Waals surface area (Å²) in [6, 6.07) is 8.97. The summed E-state index contributed by atoms with van der Waals surface area (Å²) in [5, 5.41) is 7.09. The van der Waals surface area contributed by atoms with Crippen LogP contribution in [0.15, 0.2) is 30.3 Å². The molecule has 0 amide bonds. The number of aryl methyl sites for hydroxylation is 1. The number of hydrogen-bond donors (Lipinski definition) is 2. The topological polar surface area (TPSA) is 53.1 Å². The summed E-state index contributed by atoms with van der Waals surface area (Å²) in [5.74, 6) is 2.08. The fourth-order valence-corrected chi connectivity index (χ4v) is 4.99. The van der Waals surface area contributed by atoms with E-state index in [4.69, 9.17) is 17.2 Å². The van der Waals surface area contributed by atoms with Gasteiger partial charge in [0, 0.05) is 36.8 Å². The molecule has 2 N–H and O–H groups in total. The lowest BCUT2D eigenvalue weighted by Crippen LogP contribution is -2.41. The molecule has 1 saturated heterocycles. The number of rotatable bonds is 5. The van der Waals surface area contributed by atoms with Gasteiger partial charge in [-0.2, -0.15) is 4.98 Å². The Morgan fingerprint density at radius 3 is 2.52 bits per heavy atom. The van der Waals surface area contributed by atoms with Gasteiger partial charge < -0.3 is 15.5 Å². The van der Waals surface area contributed by atoms with E-state index in [1.165, 1.54) is 31.2 Å². The number of nitrogens with one attached hydrogen (secondary N) is 2. The third-order valence-electron chi connectivity index (χ3n) is 6.78. The first-order valence-corrected chi connectivity index (χ1v) is 11.8. The molecule has 1 aliphatic carbocycles. The van der Waals surface area contributed by atoms with Gasteiger partial charge in [0.2, 0.25) is 5.95 Å². The lowest BCUT2D eigenvalue weighted by atomic mass is 9.79. The minimum absolute atomic E-state index is 0.0114. The molecule has 2 heterocycles. The second-order valence-electron chi connectivity index (χ2n) is 9.16. The van der Waals surface area contributed by atoms with Crippen LogP contribution in [-0.4, -0.2) is 34.7 Å². The molecule has 0 radical (unpaired) electrons. The van der Waals surface area contributed by atoms with Crippen molar-refractivity contribution in [2.24, 2.45) is 5.92 Å². The molecule has 5 nitrogen and oxygen atoms in total. The maximum absolute atomic E-state index is 13.4. The zero-order valence-corrected chi connectivity index (χ0v) is 19.3. The quantitative estimate of drug-likeness (QED) is 0.640. The van der Waals surface area contributed by atoms with Gasteiger partial charge in [-0.25, -0.2) is 9.37 Å². The van der Waals surface area contributed by atoms with E-state index in [0.717, 1.165) is 43.4 Å². The van der Waals surface area contributed by atoms with Gasteiger partial charge in [-0.1, -0.05) is 31.9 Å². The Morgan fingerprint density at radius 2 is 1.84 bits per heavy atom. The number of aromatic nitrogens is 2. The molecule has 1 aromatic heterocycles. The monoisotopic (exact) mass is 441 g/mol. The van der Waals surface area contributed by atoms with Gasteiger partial charge in [0.05, 0.1) is 0 Å². The summed E-state index contributed by atoms with van der Waals surface area (Å²) in [4.78, 5) is 11.6. The number of nitrogens with zero attached hydrogens (tertiary/aromatic N) is 3. The minimum Gasteiger partial charge on any atom is -0.361 e. The maximum Gasteiger partial charge on any atom is 0.231 e. The van der Waals surface area contributed by atoms with Crippen LogP contribution >= 0.6 is 12.2 Å². The standard InChI is InChI=1S/C24H32FN5S/c1-17-9-13-30(14-10-17)21-15-18(2)27-22(28-21)29-23(31)26-16-24(11-3-4-12-24)19-5-7-20(25)8-6-19/h5-8,15,17H,3-4,9-14,16H2,1-2H3,(H2,26,27,28,29,31). The van der Waals surface area contributed by atoms with Crippen LogP contribution in [0.1, 0.15) is 56.7 Å². The number of hydrogen-bond acceptors (Lipinski definition) is 4. The predicted octanol–water partition coefficient (Wildman–Crippen LogP) is 4.96. The van der Waals surface area contributed by atoms with E-state index in [1.807, 2.05) is 25.1 Å². The van der Waals surface area contributed by atoms with Gasteiger partial charge in [0.15, 0.2) is 5.11 Å². The Balaban J connectivity index is 1.41. The zero-order valence-electron chi connectivity index (χ0n) is 18.5. The highest BCUT2D eigenvalue weighted by Gasteiger charge is 2.35. The van der Waals surface area contributed by atoms with Crippen molar-refractivity contribution in [3.05, 3.63) is 47.4 Å². The number of anilines is 2. The lowest BCUT2D eigenvalue weighted by molar-refractivity contribution is 0.434. The van der Waals surface area contributed by atoms with Crippen molar-refractivity contribution in [3.8, 4) is 0 Å². The van der Waals surface area contributed by atoms with Crippen LogP contribution in [0.3, 0.4) is 0 Å². The molecule has 166 valence electrons. The molecule has 0 atom stereocenters. The second-order valence-corrected chi connectivity index (χ2v) is 9.57. The fourth-order valence-electron chi connectivity index (χ4n) is 4.83. The summed E-state index contributed by atoms with van der Waals surface area (Å²) < 4.78 is 13.4. The largest absolute Gasteiger partial charge is 0.361 e. The Labute approximate surface area is 189 Å². The molecule has 1 saturated carbocycles. The van der Waals surface area contributed by atoms with Crippen LogP contribution in [0.2, 0.25) is 0 Å². The van der Waals surface area contributed by atoms with Crippen molar-refractivity contribution < 1.29 is 4.39 Å². The molecule has 0 bridgehead atoms. The van der Waals surface area contributed by atoms with E-state index in [0.29, 0.717) is 17.6 Å². The smallest absolute Gasteiger partial charge is 0.231 e. The van der Waals surface area contributed by atoms with Crippen LogP contribution in [0.4, 0.5) is 16.2 Å². The van der Waals surface area contributed by atoms with Crippen molar-refractivity contribution >= 4 is 29.1 Å². The summed E-state index contributed by atoms with van der Waals surface area (Å²) in [6.45, 7) is 7.07. The van der Waals surface area contributed by atoms with Gasteiger partial charge in [-0.05, 0) is 68.4 Å². The molecular formula is C24H32FN5S. The maximum atomic E-state index is 13.4. The minimum atomic E-state index is -0.197. The van der Waals surface area contributed by atoms with Crippen molar-refractivity contribution in [2.75, 3.05) is 29.9 Å². The molecule has 2 aromatic rings. The molecule has 1 aliphatic heterocycles. The van der Waals surface area contributed by atoms with Crippen LogP contribution in [-0.2, 0) is 5.41 Å². The molecule has 31 heavy (non-hydrogen) atoms. The van der Waals surface area contributed by atoms with E-state index < -0.39 is 0 Å². The SMILES string of the molecule is Cc1cc(N2CCC(C)CC2)nc(NC(=S)NCC2(c3ccc(F)cc3)CCCC2)n1.